The van der Waals surface area contributed by atoms with E-state index in [-0.39, 0.29) is 0 Å². The van der Waals surface area contributed by atoms with Crippen molar-refractivity contribution in [1.82, 2.24) is 4.98 Å². The van der Waals surface area contributed by atoms with Crippen LogP contribution in [0.1, 0.15) is 6.42 Å². The molecule has 1 heterocycles. The van der Waals surface area contributed by atoms with Crippen molar-refractivity contribution in [3.05, 3.63) is 47.1 Å². The number of benzene rings is 1. The average molecular weight is 336 g/mol. The molecule has 1 aromatic carbocycles. The van der Waals surface area contributed by atoms with E-state index < -0.39 is 0 Å². The quantitative estimate of drug-likeness (QED) is 0.879. The summed E-state index contributed by atoms with van der Waals surface area (Å²) in [6.07, 6.45) is 2.66. The highest BCUT2D eigenvalue weighted by Crippen LogP contribution is 2.35. The first-order valence-corrected chi connectivity index (χ1v) is 7.28. The molecule has 0 unspecified atom stereocenters. The molecule has 0 radical (unpaired) electrons. The summed E-state index contributed by atoms with van der Waals surface area (Å²) in [5.74, 6) is 1.69. The van der Waals surface area contributed by atoms with Gasteiger partial charge in [0.2, 0.25) is 0 Å². The number of aromatic nitrogens is 1. The Morgan fingerprint density at radius 1 is 1.25 bits per heavy atom. The van der Waals surface area contributed by atoms with Gasteiger partial charge in [0.1, 0.15) is 11.6 Å². The fourth-order valence-corrected chi connectivity index (χ4v) is 2.49. The normalized spacial score (nSPS) is 10.3. The van der Waals surface area contributed by atoms with Crippen molar-refractivity contribution in [3.8, 4) is 5.75 Å². The third-order valence-electron chi connectivity index (χ3n) is 2.96. The van der Waals surface area contributed by atoms with Gasteiger partial charge in [0.25, 0.3) is 0 Å². The molecule has 0 saturated heterocycles. The van der Waals surface area contributed by atoms with Crippen molar-refractivity contribution in [1.29, 1.82) is 0 Å². The zero-order valence-electron chi connectivity index (χ0n) is 11.4. The molecule has 2 aromatic rings. The van der Waals surface area contributed by atoms with Crippen LogP contribution in [0.5, 0.6) is 5.75 Å². The van der Waals surface area contributed by atoms with Crippen LogP contribution >= 0.6 is 15.9 Å². The average Bonchev–Trinajstić information content (AvgIpc) is 2.49. The smallest absolute Gasteiger partial charge is 0.147 e. The number of para-hydroxylation sites is 2. The summed E-state index contributed by atoms with van der Waals surface area (Å²) >= 11 is 3.56. The van der Waals surface area contributed by atoms with Gasteiger partial charge in [0.05, 0.1) is 17.3 Å². The van der Waals surface area contributed by atoms with Gasteiger partial charge < -0.3 is 15.4 Å². The SMILES string of the molecule is COc1ccccc1N(CCCN)c1ncccc1Br. The number of rotatable bonds is 6. The highest BCUT2D eigenvalue weighted by Gasteiger charge is 2.16. The molecule has 0 aliphatic carbocycles. The second-order valence-electron chi connectivity index (χ2n) is 4.27. The molecule has 0 fully saturated rings. The first kappa shape index (κ1) is 14.8. The second kappa shape index (κ2) is 7.26. The number of halogens is 1. The van der Waals surface area contributed by atoms with Gasteiger partial charge in [-0.2, -0.15) is 0 Å². The Kier molecular flexibility index (Phi) is 5.38. The number of nitrogens with zero attached hydrogens (tertiary/aromatic N) is 2. The molecule has 106 valence electrons. The molecular weight excluding hydrogens is 318 g/mol. The van der Waals surface area contributed by atoms with Crippen molar-refractivity contribution in [2.75, 3.05) is 25.1 Å². The Morgan fingerprint density at radius 3 is 2.75 bits per heavy atom. The van der Waals surface area contributed by atoms with Gasteiger partial charge >= 0.3 is 0 Å². The zero-order chi connectivity index (χ0) is 14.4. The van der Waals surface area contributed by atoms with Crippen LogP contribution in [0.15, 0.2) is 47.1 Å². The minimum Gasteiger partial charge on any atom is -0.495 e. The van der Waals surface area contributed by atoms with E-state index in [1.54, 1.807) is 13.3 Å². The summed E-state index contributed by atoms with van der Waals surface area (Å²) in [5, 5.41) is 0. The summed E-state index contributed by atoms with van der Waals surface area (Å²) in [4.78, 5) is 6.59. The van der Waals surface area contributed by atoms with Crippen LogP contribution < -0.4 is 15.4 Å². The third kappa shape index (κ3) is 3.29. The van der Waals surface area contributed by atoms with Crippen LogP contribution in [-0.2, 0) is 0 Å². The maximum Gasteiger partial charge on any atom is 0.147 e. The van der Waals surface area contributed by atoms with Gasteiger partial charge in [-0.1, -0.05) is 12.1 Å². The minimum atomic E-state index is 0.635. The van der Waals surface area contributed by atoms with Crippen LogP contribution in [0, 0.1) is 0 Å². The van der Waals surface area contributed by atoms with Gasteiger partial charge in [-0.05, 0) is 53.2 Å². The van der Waals surface area contributed by atoms with E-state index in [0.717, 1.165) is 34.7 Å². The minimum absolute atomic E-state index is 0.635. The number of hydrogen-bond acceptors (Lipinski definition) is 4. The second-order valence-corrected chi connectivity index (χ2v) is 5.13. The number of hydrogen-bond donors (Lipinski definition) is 1. The largest absolute Gasteiger partial charge is 0.495 e. The molecule has 2 rings (SSSR count). The molecule has 1 aromatic heterocycles. The van der Waals surface area contributed by atoms with Crippen molar-refractivity contribution in [2.45, 2.75) is 6.42 Å². The summed E-state index contributed by atoms with van der Waals surface area (Å²) in [5.41, 5.74) is 6.64. The van der Waals surface area contributed by atoms with Crippen molar-refractivity contribution < 1.29 is 4.74 Å². The number of pyridine rings is 1. The Bertz CT molecular complexity index is 562. The predicted molar refractivity (Wildman–Crippen MR) is 85.6 cm³/mol. The molecule has 20 heavy (non-hydrogen) atoms. The molecule has 0 atom stereocenters. The summed E-state index contributed by atoms with van der Waals surface area (Å²) in [7, 11) is 1.67. The highest BCUT2D eigenvalue weighted by atomic mass is 79.9. The van der Waals surface area contributed by atoms with E-state index in [0.29, 0.717) is 6.54 Å². The monoisotopic (exact) mass is 335 g/mol. The molecule has 0 saturated carbocycles. The maximum atomic E-state index is 5.65. The van der Waals surface area contributed by atoms with Gasteiger partial charge in [0.15, 0.2) is 0 Å². The maximum absolute atomic E-state index is 5.65. The Labute approximate surface area is 127 Å². The zero-order valence-corrected chi connectivity index (χ0v) is 13.0. The van der Waals surface area contributed by atoms with Crippen LogP contribution in [0.2, 0.25) is 0 Å². The fourth-order valence-electron chi connectivity index (χ4n) is 2.02. The lowest BCUT2D eigenvalue weighted by atomic mass is 10.2. The van der Waals surface area contributed by atoms with Crippen LogP contribution in [0.4, 0.5) is 11.5 Å². The predicted octanol–water partition coefficient (Wildman–Crippen LogP) is 3.34. The van der Waals surface area contributed by atoms with Crippen LogP contribution in [-0.4, -0.2) is 25.2 Å². The van der Waals surface area contributed by atoms with E-state index in [2.05, 4.69) is 25.8 Å². The Balaban J connectivity index is 2.44. The van der Waals surface area contributed by atoms with Gasteiger partial charge in [-0.15, -0.1) is 0 Å². The number of ether oxygens (including phenoxy) is 1. The molecule has 0 aliphatic rings. The van der Waals surface area contributed by atoms with E-state index >= 15 is 0 Å². The van der Waals surface area contributed by atoms with Crippen molar-refractivity contribution >= 4 is 27.4 Å². The van der Waals surface area contributed by atoms with E-state index in [9.17, 15) is 0 Å². The molecule has 0 spiro atoms. The van der Waals surface area contributed by atoms with E-state index in [1.807, 2.05) is 36.4 Å². The van der Waals surface area contributed by atoms with Crippen LogP contribution in [0.25, 0.3) is 0 Å². The lowest BCUT2D eigenvalue weighted by molar-refractivity contribution is 0.415. The first-order chi connectivity index (χ1) is 9.77. The topological polar surface area (TPSA) is 51.4 Å². The van der Waals surface area contributed by atoms with Gasteiger partial charge in [-0.3, -0.25) is 0 Å². The molecular formula is C15H18BrN3O. The Hall–Kier alpha value is -1.59. The molecule has 0 amide bonds. The summed E-state index contributed by atoms with van der Waals surface area (Å²) in [6, 6.07) is 11.8. The molecule has 5 heteroatoms. The summed E-state index contributed by atoms with van der Waals surface area (Å²) in [6.45, 7) is 1.42. The lowest BCUT2D eigenvalue weighted by Gasteiger charge is -2.26. The summed E-state index contributed by atoms with van der Waals surface area (Å²) < 4.78 is 6.40. The number of nitrogens with two attached hydrogens (primary N) is 1. The van der Waals surface area contributed by atoms with Gasteiger partial charge in [0, 0.05) is 12.7 Å². The fraction of sp³-hybridized carbons (Fsp3) is 0.267. The molecule has 0 aliphatic heterocycles. The van der Waals surface area contributed by atoms with E-state index in [1.165, 1.54) is 0 Å². The first-order valence-electron chi connectivity index (χ1n) is 6.49. The third-order valence-corrected chi connectivity index (χ3v) is 3.58. The number of methoxy groups -OCH3 is 1. The van der Waals surface area contributed by atoms with Crippen LogP contribution in [0.3, 0.4) is 0 Å². The lowest BCUT2D eigenvalue weighted by Crippen LogP contribution is -2.22. The number of anilines is 2. The van der Waals surface area contributed by atoms with E-state index in [4.69, 9.17) is 10.5 Å². The Morgan fingerprint density at radius 2 is 2.05 bits per heavy atom. The molecule has 0 bridgehead atoms. The van der Waals surface area contributed by atoms with Crippen molar-refractivity contribution in [2.24, 2.45) is 5.73 Å². The van der Waals surface area contributed by atoms with Crippen molar-refractivity contribution in [3.63, 3.8) is 0 Å². The van der Waals surface area contributed by atoms with Gasteiger partial charge in [-0.25, -0.2) is 4.98 Å². The molecule has 4 nitrogen and oxygen atoms in total. The highest BCUT2D eigenvalue weighted by molar-refractivity contribution is 9.10. The molecule has 2 N–H and O–H groups in total. The standard InChI is InChI=1S/C15H18BrN3O/c1-20-14-8-3-2-7-13(14)19(11-5-9-17)15-12(16)6-4-10-18-15/h2-4,6-8,10H,5,9,11,17H2,1H3.